The Hall–Kier alpha value is -2.50. The minimum Gasteiger partial charge on any atom is -0.337 e. The van der Waals surface area contributed by atoms with Gasteiger partial charge < -0.3 is 10.2 Å². The maximum Gasteiger partial charge on any atom is 0.261 e. The van der Waals surface area contributed by atoms with Gasteiger partial charge in [0.25, 0.3) is 5.56 Å². The first kappa shape index (κ1) is 16.9. The lowest BCUT2D eigenvalue weighted by atomic mass is 10.1. The number of hydrogen-bond donors (Lipinski definition) is 2. The first-order chi connectivity index (χ1) is 12.7. The second-order valence-corrected chi connectivity index (χ2v) is 7.11. The normalized spacial score (nSPS) is 16.7. The highest BCUT2D eigenvalue weighted by Crippen LogP contribution is 2.14. The van der Waals surface area contributed by atoms with Crippen molar-refractivity contribution in [3.05, 3.63) is 76.3 Å². The third-order valence-electron chi connectivity index (χ3n) is 5.41. The zero-order valence-corrected chi connectivity index (χ0v) is 15.2. The molecule has 134 valence electrons. The van der Waals surface area contributed by atoms with E-state index in [0.717, 1.165) is 43.1 Å². The molecule has 26 heavy (non-hydrogen) atoms. The van der Waals surface area contributed by atoms with E-state index in [-0.39, 0.29) is 11.6 Å². The van der Waals surface area contributed by atoms with Gasteiger partial charge in [-0.05, 0) is 24.6 Å². The standard InChI is InChI=1S/C21H24N4O/c1-16(24-13-11-22-12-14-24)20-23-19-10-6-5-9-18(19)21(26)25(20)15-17-7-3-2-4-8-17/h2-10,16,22H,11-15H2,1H3/p+2/t16-/m1/s1. The molecule has 1 aromatic heterocycles. The molecule has 1 aliphatic rings. The molecule has 1 fully saturated rings. The predicted octanol–water partition coefficient (Wildman–Crippen LogP) is -0.0323. The monoisotopic (exact) mass is 350 g/mol. The fourth-order valence-electron chi connectivity index (χ4n) is 3.89. The molecule has 1 aliphatic heterocycles. The number of benzene rings is 2. The van der Waals surface area contributed by atoms with Crippen molar-refractivity contribution in [3.8, 4) is 0 Å². The fourth-order valence-corrected chi connectivity index (χ4v) is 3.89. The Labute approximate surface area is 153 Å². The van der Waals surface area contributed by atoms with Gasteiger partial charge >= 0.3 is 0 Å². The first-order valence-corrected chi connectivity index (χ1v) is 9.43. The lowest BCUT2D eigenvalue weighted by Gasteiger charge is -2.29. The minimum absolute atomic E-state index is 0.0595. The summed E-state index contributed by atoms with van der Waals surface area (Å²) in [6, 6.07) is 18.1. The maximum atomic E-state index is 13.2. The molecule has 0 bridgehead atoms. The maximum absolute atomic E-state index is 13.2. The van der Waals surface area contributed by atoms with Crippen LogP contribution in [0.2, 0.25) is 0 Å². The molecule has 1 saturated heterocycles. The van der Waals surface area contributed by atoms with Gasteiger partial charge in [-0.3, -0.25) is 9.36 Å². The summed E-state index contributed by atoms with van der Waals surface area (Å²) in [4.78, 5) is 19.7. The van der Waals surface area contributed by atoms with Crippen molar-refractivity contribution in [3.63, 3.8) is 0 Å². The highest BCUT2D eigenvalue weighted by Gasteiger charge is 2.28. The Morgan fingerprint density at radius 1 is 1.08 bits per heavy atom. The molecule has 4 rings (SSSR count). The van der Waals surface area contributed by atoms with Gasteiger partial charge in [0.05, 0.1) is 17.4 Å². The predicted molar refractivity (Wildman–Crippen MR) is 102 cm³/mol. The summed E-state index contributed by atoms with van der Waals surface area (Å²) in [6.45, 7) is 7.26. The molecule has 0 amide bonds. The summed E-state index contributed by atoms with van der Waals surface area (Å²) >= 11 is 0. The molecule has 0 unspecified atom stereocenters. The summed E-state index contributed by atoms with van der Waals surface area (Å²) < 4.78 is 1.88. The molecule has 5 heteroatoms. The third-order valence-corrected chi connectivity index (χ3v) is 5.41. The molecule has 2 aromatic carbocycles. The average Bonchev–Trinajstić information content (AvgIpc) is 2.71. The van der Waals surface area contributed by atoms with E-state index >= 15 is 0 Å². The summed E-state index contributed by atoms with van der Waals surface area (Å²) in [5.41, 5.74) is 1.98. The van der Waals surface area contributed by atoms with Crippen LogP contribution in [-0.2, 0) is 6.54 Å². The number of nitrogens with two attached hydrogens (primary N) is 1. The number of fused-ring (bicyclic) bond motifs is 1. The molecule has 0 spiro atoms. The van der Waals surface area contributed by atoms with Gasteiger partial charge in [-0.1, -0.05) is 42.5 Å². The number of quaternary nitrogens is 2. The third kappa shape index (κ3) is 3.28. The van der Waals surface area contributed by atoms with Gasteiger partial charge in [-0.2, -0.15) is 0 Å². The van der Waals surface area contributed by atoms with Gasteiger partial charge in [-0.25, -0.2) is 4.98 Å². The van der Waals surface area contributed by atoms with E-state index in [1.54, 1.807) is 0 Å². The van der Waals surface area contributed by atoms with Crippen molar-refractivity contribution in [2.24, 2.45) is 0 Å². The number of aromatic nitrogens is 2. The van der Waals surface area contributed by atoms with Crippen LogP contribution in [0.5, 0.6) is 0 Å². The van der Waals surface area contributed by atoms with Gasteiger partial charge in [0.15, 0.2) is 5.82 Å². The van der Waals surface area contributed by atoms with Gasteiger partial charge in [-0.15, -0.1) is 0 Å². The van der Waals surface area contributed by atoms with Crippen molar-refractivity contribution in [1.29, 1.82) is 0 Å². The summed E-state index contributed by atoms with van der Waals surface area (Å²) in [5.74, 6) is 0.898. The van der Waals surface area contributed by atoms with Crippen molar-refractivity contribution in [2.75, 3.05) is 26.2 Å². The average molecular weight is 350 g/mol. The van der Waals surface area contributed by atoms with E-state index in [1.165, 1.54) is 4.90 Å². The van der Waals surface area contributed by atoms with Gasteiger partial charge in [0.1, 0.15) is 32.2 Å². The summed E-state index contributed by atoms with van der Waals surface area (Å²) in [5, 5.41) is 3.06. The molecule has 3 aromatic rings. The van der Waals surface area contributed by atoms with Gasteiger partial charge in [0, 0.05) is 0 Å². The van der Waals surface area contributed by atoms with E-state index in [1.807, 2.05) is 47.0 Å². The molecule has 2 heterocycles. The largest absolute Gasteiger partial charge is 0.337 e. The Bertz CT molecular complexity index is 945. The molecule has 0 radical (unpaired) electrons. The molecular formula is C21H26N4O+2. The molecule has 1 atom stereocenters. The van der Waals surface area contributed by atoms with E-state index in [4.69, 9.17) is 4.98 Å². The van der Waals surface area contributed by atoms with Crippen LogP contribution >= 0.6 is 0 Å². The van der Waals surface area contributed by atoms with Crippen molar-refractivity contribution in [2.45, 2.75) is 19.5 Å². The van der Waals surface area contributed by atoms with Crippen LogP contribution in [0.15, 0.2) is 59.4 Å². The van der Waals surface area contributed by atoms with Crippen molar-refractivity contribution < 1.29 is 10.2 Å². The molecule has 0 aliphatic carbocycles. The number of nitrogens with zero attached hydrogens (tertiary/aromatic N) is 2. The van der Waals surface area contributed by atoms with Crippen molar-refractivity contribution in [1.82, 2.24) is 9.55 Å². The van der Waals surface area contributed by atoms with Crippen LogP contribution in [0, 0.1) is 0 Å². The van der Waals surface area contributed by atoms with Crippen LogP contribution < -0.4 is 15.8 Å². The lowest BCUT2D eigenvalue weighted by Crippen LogP contribution is -3.20. The minimum atomic E-state index is 0.0595. The SMILES string of the molecule is C[C@H](c1nc2ccccc2c(=O)n1Cc1ccccc1)[NH+]1CC[NH2+]CC1. The second-order valence-electron chi connectivity index (χ2n) is 7.11. The lowest BCUT2D eigenvalue weighted by molar-refractivity contribution is -0.971. The first-order valence-electron chi connectivity index (χ1n) is 9.43. The van der Waals surface area contributed by atoms with Crippen LogP contribution in [-0.4, -0.2) is 35.7 Å². The van der Waals surface area contributed by atoms with Crippen LogP contribution in [0.1, 0.15) is 24.4 Å². The zero-order chi connectivity index (χ0) is 17.9. The number of hydrogen-bond acceptors (Lipinski definition) is 2. The van der Waals surface area contributed by atoms with E-state index in [0.29, 0.717) is 11.9 Å². The second kappa shape index (κ2) is 7.40. The molecule has 0 saturated carbocycles. The Morgan fingerprint density at radius 3 is 2.54 bits per heavy atom. The van der Waals surface area contributed by atoms with E-state index in [2.05, 4.69) is 24.4 Å². The Kier molecular flexibility index (Phi) is 4.82. The smallest absolute Gasteiger partial charge is 0.261 e. The van der Waals surface area contributed by atoms with E-state index in [9.17, 15) is 4.79 Å². The number of nitrogens with one attached hydrogen (secondary N) is 1. The van der Waals surface area contributed by atoms with E-state index < -0.39 is 0 Å². The summed E-state index contributed by atoms with van der Waals surface area (Å²) in [6.07, 6.45) is 0. The number of piperazine rings is 1. The Balaban J connectivity index is 1.83. The van der Waals surface area contributed by atoms with Crippen molar-refractivity contribution >= 4 is 10.9 Å². The fraction of sp³-hybridized carbons (Fsp3) is 0.333. The topological polar surface area (TPSA) is 55.9 Å². The van der Waals surface area contributed by atoms with Crippen LogP contribution in [0.25, 0.3) is 10.9 Å². The van der Waals surface area contributed by atoms with Crippen LogP contribution in [0.3, 0.4) is 0 Å². The zero-order valence-electron chi connectivity index (χ0n) is 15.2. The highest BCUT2D eigenvalue weighted by molar-refractivity contribution is 5.77. The van der Waals surface area contributed by atoms with Crippen LogP contribution in [0.4, 0.5) is 0 Å². The highest BCUT2D eigenvalue weighted by atomic mass is 16.1. The quantitative estimate of drug-likeness (QED) is 0.694. The Morgan fingerprint density at radius 2 is 1.77 bits per heavy atom. The number of para-hydroxylation sites is 1. The molecular weight excluding hydrogens is 324 g/mol. The molecule has 3 N–H and O–H groups in total. The number of rotatable bonds is 4. The summed E-state index contributed by atoms with van der Waals surface area (Å²) in [7, 11) is 0. The molecule has 5 nitrogen and oxygen atoms in total. The van der Waals surface area contributed by atoms with Gasteiger partial charge in [0.2, 0.25) is 0 Å².